The van der Waals surface area contributed by atoms with Crippen molar-refractivity contribution in [3.8, 4) is 0 Å². The van der Waals surface area contributed by atoms with Gasteiger partial charge < -0.3 is 10.0 Å². The predicted molar refractivity (Wildman–Crippen MR) is 76.4 cm³/mol. The second-order valence-corrected chi connectivity index (χ2v) is 5.64. The van der Waals surface area contributed by atoms with Crippen LogP contribution in [0.3, 0.4) is 0 Å². The fraction of sp³-hybridized carbons (Fsp3) is 0.500. The molecule has 0 aromatic heterocycles. The van der Waals surface area contributed by atoms with Gasteiger partial charge in [-0.25, -0.2) is 0 Å². The molecular weight excluding hydrogens is 286 g/mol. The summed E-state index contributed by atoms with van der Waals surface area (Å²) in [6, 6.07) is 6.00. The molecule has 1 aromatic rings. The van der Waals surface area contributed by atoms with E-state index in [1.165, 1.54) is 5.69 Å². The Morgan fingerprint density at radius 1 is 1.50 bits per heavy atom. The second kappa shape index (κ2) is 6.52. The van der Waals surface area contributed by atoms with Gasteiger partial charge in [0.05, 0.1) is 11.8 Å². The summed E-state index contributed by atoms with van der Waals surface area (Å²) in [7, 11) is 2.08. The lowest BCUT2D eigenvalue weighted by Gasteiger charge is -2.21. The number of benzene rings is 1. The first-order valence-corrected chi connectivity index (χ1v) is 7.42. The van der Waals surface area contributed by atoms with Crippen LogP contribution in [0.2, 0.25) is 0 Å². The zero-order chi connectivity index (χ0) is 12.1. The zero-order valence-corrected chi connectivity index (χ0v) is 12.3. The van der Waals surface area contributed by atoms with Gasteiger partial charge in [0, 0.05) is 23.8 Å². The molecule has 0 heterocycles. The van der Waals surface area contributed by atoms with E-state index in [9.17, 15) is 5.11 Å². The zero-order valence-electron chi connectivity index (χ0n) is 9.90. The van der Waals surface area contributed by atoms with Crippen molar-refractivity contribution in [1.82, 2.24) is 0 Å². The molecule has 0 unspecified atom stereocenters. The summed E-state index contributed by atoms with van der Waals surface area (Å²) in [4.78, 5) is 2.21. The van der Waals surface area contributed by atoms with Crippen LogP contribution in [0.25, 0.3) is 0 Å². The van der Waals surface area contributed by atoms with Gasteiger partial charge in [-0.05, 0) is 46.8 Å². The predicted octanol–water partition coefficient (Wildman–Crippen LogP) is 3.30. The van der Waals surface area contributed by atoms with Crippen molar-refractivity contribution >= 4 is 33.4 Å². The fourth-order valence-electron chi connectivity index (χ4n) is 1.44. The van der Waals surface area contributed by atoms with Crippen molar-refractivity contribution in [3.05, 3.63) is 28.2 Å². The molecule has 2 nitrogen and oxygen atoms in total. The summed E-state index contributed by atoms with van der Waals surface area (Å²) in [5.41, 5.74) is 2.10. The van der Waals surface area contributed by atoms with Crippen molar-refractivity contribution in [3.63, 3.8) is 0 Å². The topological polar surface area (TPSA) is 23.5 Å². The lowest BCUT2D eigenvalue weighted by atomic mass is 10.1. The van der Waals surface area contributed by atoms with E-state index in [2.05, 4.69) is 34.1 Å². The van der Waals surface area contributed by atoms with E-state index in [1.807, 2.05) is 30.0 Å². The first-order chi connectivity index (χ1) is 7.56. The van der Waals surface area contributed by atoms with E-state index < -0.39 is 6.10 Å². The molecule has 16 heavy (non-hydrogen) atoms. The maximum absolute atomic E-state index is 9.48. The van der Waals surface area contributed by atoms with Crippen LogP contribution in [0.15, 0.2) is 22.7 Å². The Balaban J connectivity index is 2.81. The second-order valence-electron chi connectivity index (χ2n) is 3.80. The first-order valence-electron chi connectivity index (χ1n) is 5.24. The molecule has 0 bridgehead atoms. The monoisotopic (exact) mass is 303 g/mol. The minimum atomic E-state index is -0.415. The van der Waals surface area contributed by atoms with Gasteiger partial charge >= 0.3 is 0 Å². The van der Waals surface area contributed by atoms with Crippen LogP contribution in [-0.2, 0) is 0 Å². The number of thioether (sulfide) groups is 1. The quantitative estimate of drug-likeness (QED) is 0.903. The molecule has 90 valence electrons. The molecule has 1 N–H and O–H groups in total. The number of halogens is 1. The molecule has 0 radical (unpaired) electrons. The molecule has 1 rings (SSSR count). The number of anilines is 1. The van der Waals surface area contributed by atoms with Crippen LogP contribution in [0.1, 0.15) is 18.6 Å². The summed E-state index contributed by atoms with van der Waals surface area (Å²) in [5, 5.41) is 9.48. The highest BCUT2D eigenvalue weighted by molar-refractivity contribution is 9.10. The van der Waals surface area contributed by atoms with Crippen molar-refractivity contribution in [1.29, 1.82) is 0 Å². The Morgan fingerprint density at radius 3 is 2.69 bits per heavy atom. The van der Waals surface area contributed by atoms with Crippen molar-refractivity contribution in [2.24, 2.45) is 0 Å². The van der Waals surface area contributed by atoms with Crippen LogP contribution in [0.5, 0.6) is 0 Å². The van der Waals surface area contributed by atoms with Gasteiger partial charge in [0.1, 0.15) is 0 Å². The van der Waals surface area contributed by atoms with Gasteiger partial charge in [-0.3, -0.25) is 0 Å². The normalized spacial score (nSPS) is 12.6. The standard InChI is InChI=1S/C12H18BrNOS/c1-9(15)10-4-5-12(11(13)8-10)14(2)6-7-16-3/h4-5,8-9,15H,6-7H2,1-3H3/t9-/m0/s1. The van der Waals surface area contributed by atoms with E-state index in [0.29, 0.717) is 0 Å². The Morgan fingerprint density at radius 2 is 2.19 bits per heavy atom. The minimum absolute atomic E-state index is 0.415. The van der Waals surface area contributed by atoms with E-state index in [1.54, 1.807) is 6.92 Å². The van der Waals surface area contributed by atoms with Gasteiger partial charge in [0.15, 0.2) is 0 Å². The summed E-state index contributed by atoms with van der Waals surface area (Å²) in [6.45, 7) is 2.80. The fourth-order valence-corrected chi connectivity index (χ4v) is 2.60. The molecule has 0 fully saturated rings. The number of rotatable bonds is 5. The largest absolute Gasteiger partial charge is 0.389 e. The highest BCUT2D eigenvalue weighted by Gasteiger charge is 2.08. The Hall–Kier alpha value is -0.190. The highest BCUT2D eigenvalue weighted by atomic mass is 79.9. The molecule has 4 heteroatoms. The first kappa shape index (κ1) is 13.9. The molecule has 0 aliphatic heterocycles. The molecule has 1 atom stereocenters. The van der Waals surface area contributed by atoms with Crippen LogP contribution in [0, 0.1) is 0 Å². The van der Waals surface area contributed by atoms with Crippen LogP contribution in [-0.4, -0.2) is 30.7 Å². The van der Waals surface area contributed by atoms with Crippen molar-refractivity contribution in [2.75, 3.05) is 30.5 Å². The van der Waals surface area contributed by atoms with Gasteiger partial charge in [-0.1, -0.05) is 6.07 Å². The van der Waals surface area contributed by atoms with Crippen LogP contribution in [0.4, 0.5) is 5.69 Å². The Labute approximate surface area is 110 Å². The third-order valence-electron chi connectivity index (χ3n) is 2.50. The van der Waals surface area contributed by atoms with E-state index in [-0.39, 0.29) is 0 Å². The number of aliphatic hydroxyl groups is 1. The van der Waals surface area contributed by atoms with E-state index >= 15 is 0 Å². The molecule has 0 saturated heterocycles. The minimum Gasteiger partial charge on any atom is -0.389 e. The smallest absolute Gasteiger partial charge is 0.0762 e. The average molecular weight is 304 g/mol. The Kier molecular flexibility index (Phi) is 5.66. The number of hydrogen-bond donors (Lipinski definition) is 1. The van der Waals surface area contributed by atoms with E-state index in [4.69, 9.17) is 0 Å². The molecule has 0 spiro atoms. The average Bonchev–Trinajstić information content (AvgIpc) is 2.25. The van der Waals surface area contributed by atoms with Gasteiger partial charge in [-0.2, -0.15) is 11.8 Å². The molecule has 0 aliphatic carbocycles. The molecule has 0 aliphatic rings. The lowest BCUT2D eigenvalue weighted by molar-refractivity contribution is 0.199. The van der Waals surface area contributed by atoms with Crippen LogP contribution >= 0.6 is 27.7 Å². The molecule has 0 amide bonds. The maximum Gasteiger partial charge on any atom is 0.0762 e. The van der Waals surface area contributed by atoms with Gasteiger partial charge in [-0.15, -0.1) is 0 Å². The number of nitrogens with zero attached hydrogens (tertiary/aromatic N) is 1. The third kappa shape index (κ3) is 3.68. The molecule has 0 saturated carbocycles. The van der Waals surface area contributed by atoms with Crippen molar-refractivity contribution in [2.45, 2.75) is 13.0 Å². The number of hydrogen-bond acceptors (Lipinski definition) is 3. The Bertz CT molecular complexity index is 344. The third-order valence-corrected chi connectivity index (χ3v) is 3.72. The summed E-state index contributed by atoms with van der Waals surface area (Å²) in [5.74, 6) is 1.11. The molecule has 1 aromatic carbocycles. The summed E-state index contributed by atoms with van der Waals surface area (Å²) in [6.07, 6.45) is 1.70. The summed E-state index contributed by atoms with van der Waals surface area (Å²) >= 11 is 5.39. The van der Waals surface area contributed by atoms with E-state index in [0.717, 1.165) is 22.3 Å². The SMILES string of the molecule is CSCCN(C)c1ccc([C@H](C)O)cc1Br. The molecular formula is C12H18BrNOS. The number of aliphatic hydroxyl groups excluding tert-OH is 1. The lowest BCUT2D eigenvalue weighted by Crippen LogP contribution is -2.20. The van der Waals surface area contributed by atoms with Gasteiger partial charge in [0.2, 0.25) is 0 Å². The van der Waals surface area contributed by atoms with Gasteiger partial charge in [0.25, 0.3) is 0 Å². The highest BCUT2D eigenvalue weighted by Crippen LogP contribution is 2.28. The van der Waals surface area contributed by atoms with Crippen molar-refractivity contribution < 1.29 is 5.11 Å². The summed E-state index contributed by atoms with van der Waals surface area (Å²) < 4.78 is 1.04. The van der Waals surface area contributed by atoms with Crippen LogP contribution < -0.4 is 4.90 Å². The maximum atomic E-state index is 9.48.